The van der Waals surface area contributed by atoms with E-state index in [0.717, 1.165) is 12.3 Å². The normalized spacial score (nSPS) is 10.8. The van der Waals surface area contributed by atoms with Crippen molar-refractivity contribution in [3.63, 3.8) is 0 Å². The van der Waals surface area contributed by atoms with Gasteiger partial charge in [0.25, 0.3) is 0 Å². The first-order chi connectivity index (χ1) is 9.38. The summed E-state index contributed by atoms with van der Waals surface area (Å²) in [5.41, 5.74) is -1.46. The first-order valence-electron chi connectivity index (χ1n) is 5.09. The van der Waals surface area contributed by atoms with E-state index >= 15 is 0 Å². The first-order valence-corrected chi connectivity index (χ1v) is 5.47. The number of methoxy groups -OCH3 is 1. The van der Waals surface area contributed by atoms with Gasteiger partial charge in [-0.25, -0.2) is 26.9 Å². The summed E-state index contributed by atoms with van der Waals surface area (Å²) >= 11 is 5.70. The molecule has 2 aromatic rings. The topological polar surface area (TPSA) is 22.1 Å². The maximum absolute atomic E-state index is 13.6. The van der Waals surface area contributed by atoms with Gasteiger partial charge in [0.2, 0.25) is 11.7 Å². The highest BCUT2D eigenvalue weighted by Gasteiger charge is 2.27. The van der Waals surface area contributed by atoms with Crippen LogP contribution in [0.4, 0.5) is 22.0 Å². The van der Waals surface area contributed by atoms with Gasteiger partial charge in [-0.1, -0.05) is 11.6 Å². The number of rotatable bonds is 2. The molecular formula is C12H5ClF5NO. The summed E-state index contributed by atoms with van der Waals surface area (Å²) < 4.78 is 71.0. The molecule has 0 amide bonds. The molecule has 2 rings (SSSR count). The molecule has 0 fully saturated rings. The zero-order valence-electron chi connectivity index (χ0n) is 9.78. The van der Waals surface area contributed by atoms with Crippen molar-refractivity contribution in [2.75, 3.05) is 7.11 Å². The van der Waals surface area contributed by atoms with E-state index in [1.54, 1.807) is 0 Å². The number of nitrogens with zero attached hydrogens (tertiary/aromatic N) is 1. The molecule has 0 saturated heterocycles. The molecule has 8 heteroatoms. The van der Waals surface area contributed by atoms with Crippen molar-refractivity contribution >= 4 is 11.6 Å². The molecule has 1 heterocycles. The number of hydrogen-bond donors (Lipinski definition) is 0. The first kappa shape index (κ1) is 14.5. The Bertz CT molecular complexity index is 663. The van der Waals surface area contributed by atoms with E-state index in [1.807, 2.05) is 0 Å². The molecule has 0 aliphatic heterocycles. The second-order valence-electron chi connectivity index (χ2n) is 3.66. The van der Waals surface area contributed by atoms with E-state index in [1.165, 1.54) is 7.11 Å². The Morgan fingerprint density at radius 2 is 1.45 bits per heavy atom. The second kappa shape index (κ2) is 5.24. The van der Waals surface area contributed by atoms with E-state index in [2.05, 4.69) is 4.98 Å². The average Bonchev–Trinajstić information content (AvgIpc) is 2.43. The smallest absolute Gasteiger partial charge is 0.232 e. The van der Waals surface area contributed by atoms with Crippen LogP contribution in [-0.4, -0.2) is 12.1 Å². The van der Waals surface area contributed by atoms with Crippen LogP contribution in [0.3, 0.4) is 0 Å². The third kappa shape index (κ3) is 2.18. The highest BCUT2D eigenvalue weighted by Crippen LogP contribution is 2.34. The number of halogens is 6. The monoisotopic (exact) mass is 309 g/mol. The number of pyridine rings is 1. The lowest BCUT2D eigenvalue weighted by molar-refractivity contribution is 0.381. The highest BCUT2D eigenvalue weighted by molar-refractivity contribution is 6.32. The molecule has 1 aromatic heterocycles. The number of ether oxygens (including phenoxy) is 1. The summed E-state index contributed by atoms with van der Waals surface area (Å²) in [7, 11) is 1.26. The second-order valence-corrected chi connectivity index (χ2v) is 4.07. The average molecular weight is 310 g/mol. The number of aromatic nitrogens is 1. The molecule has 0 aliphatic carbocycles. The molecule has 106 valence electrons. The van der Waals surface area contributed by atoms with E-state index in [9.17, 15) is 22.0 Å². The Morgan fingerprint density at radius 3 is 1.90 bits per heavy atom. The van der Waals surface area contributed by atoms with Crippen LogP contribution in [-0.2, 0) is 0 Å². The van der Waals surface area contributed by atoms with E-state index < -0.39 is 34.6 Å². The van der Waals surface area contributed by atoms with Gasteiger partial charge >= 0.3 is 0 Å². The Morgan fingerprint density at radius 1 is 0.950 bits per heavy atom. The lowest BCUT2D eigenvalue weighted by Gasteiger charge is -2.09. The minimum Gasteiger partial charge on any atom is -0.480 e. The van der Waals surface area contributed by atoms with Crippen LogP contribution >= 0.6 is 11.6 Å². The van der Waals surface area contributed by atoms with Crippen molar-refractivity contribution in [1.29, 1.82) is 0 Å². The quantitative estimate of drug-likeness (QED) is 0.473. The summed E-state index contributed by atoms with van der Waals surface area (Å²) in [4.78, 5) is 3.61. The van der Waals surface area contributed by atoms with E-state index in [-0.39, 0.29) is 16.5 Å². The van der Waals surface area contributed by atoms with Crippen molar-refractivity contribution in [3.8, 4) is 17.0 Å². The van der Waals surface area contributed by atoms with E-state index in [4.69, 9.17) is 16.3 Å². The zero-order valence-corrected chi connectivity index (χ0v) is 10.5. The third-order valence-electron chi connectivity index (χ3n) is 2.50. The number of benzene rings is 1. The van der Waals surface area contributed by atoms with Gasteiger partial charge in [-0.3, -0.25) is 0 Å². The van der Waals surface area contributed by atoms with Gasteiger partial charge in [0.1, 0.15) is 5.02 Å². The van der Waals surface area contributed by atoms with Crippen molar-refractivity contribution in [3.05, 3.63) is 46.4 Å². The highest BCUT2D eigenvalue weighted by atomic mass is 35.5. The minimum absolute atomic E-state index is 0.0423. The van der Waals surface area contributed by atoms with Crippen LogP contribution < -0.4 is 4.74 Å². The van der Waals surface area contributed by atoms with Gasteiger partial charge < -0.3 is 4.74 Å². The molecule has 0 radical (unpaired) electrons. The molecule has 0 atom stereocenters. The Kier molecular flexibility index (Phi) is 3.80. The maximum atomic E-state index is 13.6. The SMILES string of the molecule is COc1ncc(-c2c(F)c(F)c(F)c(F)c2F)cc1Cl. The van der Waals surface area contributed by atoms with E-state index in [0.29, 0.717) is 0 Å². The molecule has 0 N–H and O–H groups in total. The molecule has 1 aromatic carbocycles. The number of hydrogen-bond acceptors (Lipinski definition) is 2. The van der Waals surface area contributed by atoms with Crippen LogP contribution in [0.1, 0.15) is 0 Å². The van der Waals surface area contributed by atoms with Gasteiger partial charge in [-0.2, -0.15) is 0 Å². The lowest BCUT2D eigenvalue weighted by Crippen LogP contribution is -2.04. The molecule has 0 unspecified atom stereocenters. The third-order valence-corrected chi connectivity index (χ3v) is 2.77. The summed E-state index contributed by atoms with van der Waals surface area (Å²) in [6.45, 7) is 0. The van der Waals surface area contributed by atoms with Gasteiger partial charge in [-0.05, 0) is 6.07 Å². The van der Waals surface area contributed by atoms with Crippen LogP contribution in [0.15, 0.2) is 12.3 Å². The maximum Gasteiger partial charge on any atom is 0.232 e. The standard InChI is InChI=1S/C12H5ClF5NO/c1-20-12-5(13)2-4(3-19-12)6-7(14)9(16)11(18)10(17)8(6)15/h2-3H,1H3. The summed E-state index contributed by atoms with van der Waals surface area (Å²) in [5, 5.41) is -0.131. The van der Waals surface area contributed by atoms with Crippen LogP contribution in [0.25, 0.3) is 11.1 Å². The molecule has 20 heavy (non-hydrogen) atoms. The van der Waals surface area contributed by atoms with Gasteiger partial charge in [-0.15, -0.1) is 0 Å². The molecule has 2 nitrogen and oxygen atoms in total. The molecular weight excluding hydrogens is 305 g/mol. The zero-order chi connectivity index (χ0) is 15.0. The largest absolute Gasteiger partial charge is 0.480 e. The Labute approximate surface area is 114 Å². The van der Waals surface area contributed by atoms with Crippen LogP contribution in [0.2, 0.25) is 5.02 Å². The van der Waals surface area contributed by atoms with Crippen molar-refractivity contribution in [2.45, 2.75) is 0 Å². The lowest BCUT2D eigenvalue weighted by atomic mass is 10.1. The summed E-state index contributed by atoms with van der Waals surface area (Å²) in [6.07, 6.45) is 0.892. The molecule has 0 aliphatic rings. The van der Waals surface area contributed by atoms with Crippen molar-refractivity contribution < 1.29 is 26.7 Å². The Hall–Kier alpha value is -1.89. The Balaban J connectivity index is 2.73. The molecule has 0 saturated carbocycles. The van der Waals surface area contributed by atoms with Crippen molar-refractivity contribution in [2.24, 2.45) is 0 Å². The fourth-order valence-electron chi connectivity index (χ4n) is 1.57. The molecule has 0 bridgehead atoms. The fourth-order valence-corrected chi connectivity index (χ4v) is 1.81. The van der Waals surface area contributed by atoms with Crippen LogP contribution in [0, 0.1) is 29.1 Å². The van der Waals surface area contributed by atoms with Gasteiger partial charge in [0, 0.05) is 11.8 Å². The summed E-state index contributed by atoms with van der Waals surface area (Å²) in [5.74, 6) is -10.2. The minimum atomic E-state index is -2.23. The fraction of sp³-hybridized carbons (Fsp3) is 0.0833. The summed E-state index contributed by atoms with van der Waals surface area (Å²) in [6, 6.07) is 0.992. The predicted octanol–water partition coefficient (Wildman–Crippen LogP) is 4.11. The van der Waals surface area contributed by atoms with Gasteiger partial charge in [0.05, 0.1) is 12.7 Å². The molecule has 0 spiro atoms. The van der Waals surface area contributed by atoms with Crippen LogP contribution in [0.5, 0.6) is 5.88 Å². The predicted molar refractivity (Wildman–Crippen MR) is 61.0 cm³/mol. The van der Waals surface area contributed by atoms with Crippen molar-refractivity contribution in [1.82, 2.24) is 4.98 Å². The van der Waals surface area contributed by atoms with Gasteiger partial charge in [0.15, 0.2) is 23.3 Å².